The van der Waals surface area contributed by atoms with Gasteiger partial charge in [0.05, 0.1) is 25.6 Å². The second-order valence-electron chi connectivity index (χ2n) is 6.32. The predicted molar refractivity (Wildman–Crippen MR) is 88.9 cm³/mol. The monoisotopic (exact) mass is 339 g/mol. The number of nitrogens with zero attached hydrogens (tertiary/aromatic N) is 1. The van der Waals surface area contributed by atoms with Crippen LogP contribution in [0.25, 0.3) is 0 Å². The molecule has 1 saturated carbocycles. The third-order valence-corrected chi connectivity index (χ3v) is 4.58. The molecule has 2 aromatic heterocycles. The number of hydrogen-bond acceptors (Lipinski definition) is 3. The number of halogens is 1. The second kappa shape index (κ2) is 6.59. The zero-order valence-corrected chi connectivity index (χ0v) is 13.6. The van der Waals surface area contributed by atoms with Crippen molar-refractivity contribution >= 4 is 5.91 Å². The van der Waals surface area contributed by atoms with E-state index in [2.05, 4.69) is 0 Å². The molecule has 4 rings (SSSR count). The van der Waals surface area contributed by atoms with Crippen molar-refractivity contribution in [1.29, 1.82) is 0 Å². The van der Waals surface area contributed by atoms with Crippen LogP contribution in [-0.2, 0) is 17.9 Å². The van der Waals surface area contributed by atoms with E-state index < -0.39 is 0 Å². The molecule has 0 radical (unpaired) electrons. The van der Waals surface area contributed by atoms with E-state index in [0.717, 1.165) is 0 Å². The molecular weight excluding hydrogens is 321 g/mol. The van der Waals surface area contributed by atoms with Crippen LogP contribution in [-0.4, -0.2) is 10.8 Å². The van der Waals surface area contributed by atoms with E-state index >= 15 is 0 Å². The smallest absolute Gasteiger partial charge is 0.227 e. The molecule has 1 aliphatic carbocycles. The maximum atomic E-state index is 14.0. The zero-order chi connectivity index (χ0) is 17.2. The van der Waals surface area contributed by atoms with Crippen LogP contribution in [0.4, 0.5) is 4.39 Å². The first kappa shape index (κ1) is 15.7. The highest BCUT2D eigenvalue weighted by atomic mass is 19.1. The van der Waals surface area contributed by atoms with Crippen molar-refractivity contribution in [2.24, 2.45) is 5.92 Å². The number of carbonyl (C=O) groups excluding carboxylic acids is 1. The summed E-state index contributed by atoms with van der Waals surface area (Å²) in [5.41, 5.74) is 0.622. The summed E-state index contributed by atoms with van der Waals surface area (Å²) in [4.78, 5) is 14.7. The van der Waals surface area contributed by atoms with Gasteiger partial charge in [-0.2, -0.15) is 0 Å². The highest BCUT2D eigenvalue weighted by Gasteiger charge is 2.47. The van der Waals surface area contributed by atoms with Gasteiger partial charge < -0.3 is 13.7 Å². The van der Waals surface area contributed by atoms with Crippen LogP contribution >= 0.6 is 0 Å². The first-order valence-electron chi connectivity index (χ1n) is 8.30. The van der Waals surface area contributed by atoms with E-state index in [9.17, 15) is 9.18 Å². The fourth-order valence-electron chi connectivity index (χ4n) is 3.22. The second-order valence-corrected chi connectivity index (χ2v) is 6.32. The van der Waals surface area contributed by atoms with Crippen molar-refractivity contribution in [3.63, 3.8) is 0 Å². The number of carbonyl (C=O) groups is 1. The van der Waals surface area contributed by atoms with Gasteiger partial charge in [0.2, 0.25) is 5.91 Å². The third-order valence-electron chi connectivity index (χ3n) is 4.58. The Balaban J connectivity index is 1.51. The van der Waals surface area contributed by atoms with Crippen molar-refractivity contribution in [3.05, 3.63) is 84.0 Å². The van der Waals surface area contributed by atoms with Crippen molar-refractivity contribution in [1.82, 2.24) is 4.90 Å². The average molecular weight is 339 g/mol. The SMILES string of the molecule is O=C(C1CC1c1ccccc1F)N(Cc1ccco1)Cc1ccco1. The molecule has 1 aliphatic rings. The van der Waals surface area contributed by atoms with Crippen molar-refractivity contribution in [3.8, 4) is 0 Å². The van der Waals surface area contributed by atoms with Crippen LogP contribution in [0.5, 0.6) is 0 Å². The van der Waals surface area contributed by atoms with Crippen LogP contribution in [0.1, 0.15) is 29.4 Å². The number of benzene rings is 1. The van der Waals surface area contributed by atoms with E-state index in [4.69, 9.17) is 8.83 Å². The molecule has 4 nitrogen and oxygen atoms in total. The Hall–Kier alpha value is -2.82. The van der Waals surface area contributed by atoms with Gasteiger partial charge in [-0.15, -0.1) is 0 Å². The Labute approximate surface area is 144 Å². The number of furan rings is 2. The molecule has 2 atom stereocenters. The molecule has 0 N–H and O–H groups in total. The lowest BCUT2D eigenvalue weighted by Crippen LogP contribution is -2.31. The van der Waals surface area contributed by atoms with Crippen molar-refractivity contribution in [2.75, 3.05) is 0 Å². The van der Waals surface area contributed by atoms with E-state index in [0.29, 0.717) is 36.6 Å². The minimum absolute atomic E-state index is 0.000975. The maximum Gasteiger partial charge on any atom is 0.227 e. The number of amides is 1. The van der Waals surface area contributed by atoms with Gasteiger partial charge in [-0.3, -0.25) is 4.79 Å². The molecule has 0 aliphatic heterocycles. The normalized spacial score (nSPS) is 18.9. The molecule has 0 spiro atoms. The molecule has 2 heterocycles. The molecule has 1 amide bonds. The lowest BCUT2D eigenvalue weighted by Gasteiger charge is -2.21. The summed E-state index contributed by atoms with van der Waals surface area (Å²) in [6.45, 7) is 0.736. The van der Waals surface area contributed by atoms with Crippen molar-refractivity contribution in [2.45, 2.75) is 25.4 Å². The van der Waals surface area contributed by atoms with Crippen LogP contribution in [0.3, 0.4) is 0 Å². The summed E-state index contributed by atoms with van der Waals surface area (Å²) < 4.78 is 24.7. The van der Waals surface area contributed by atoms with Crippen molar-refractivity contribution < 1.29 is 18.0 Å². The van der Waals surface area contributed by atoms with Crippen LogP contribution in [0.15, 0.2) is 69.9 Å². The van der Waals surface area contributed by atoms with Crippen LogP contribution < -0.4 is 0 Å². The van der Waals surface area contributed by atoms with Gasteiger partial charge in [0.25, 0.3) is 0 Å². The maximum absolute atomic E-state index is 14.0. The molecule has 3 aromatic rings. The van der Waals surface area contributed by atoms with Gasteiger partial charge in [0, 0.05) is 5.92 Å². The Morgan fingerprint density at radius 2 is 1.64 bits per heavy atom. The van der Waals surface area contributed by atoms with Crippen LogP contribution in [0, 0.1) is 11.7 Å². The molecule has 2 unspecified atom stereocenters. The Morgan fingerprint density at radius 3 is 2.20 bits per heavy atom. The van der Waals surface area contributed by atoms with Crippen LogP contribution in [0.2, 0.25) is 0 Å². The minimum atomic E-state index is -0.244. The summed E-state index contributed by atoms with van der Waals surface area (Å²) in [7, 11) is 0. The first-order valence-corrected chi connectivity index (χ1v) is 8.30. The lowest BCUT2D eigenvalue weighted by molar-refractivity contribution is -0.134. The molecule has 1 aromatic carbocycles. The van der Waals surface area contributed by atoms with Gasteiger partial charge >= 0.3 is 0 Å². The Kier molecular flexibility index (Phi) is 4.14. The fourth-order valence-corrected chi connectivity index (χ4v) is 3.22. The van der Waals surface area contributed by atoms with E-state index in [1.165, 1.54) is 6.07 Å². The molecule has 1 fully saturated rings. The summed E-state index contributed by atoms with van der Waals surface area (Å²) in [5, 5.41) is 0. The van der Waals surface area contributed by atoms with E-state index in [1.807, 2.05) is 18.2 Å². The summed E-state index contributed by atoms with van der Waals surface area (Å²) in [5.74, 6) is 0.935. The third kappa shape index (κ3) is 3.36. The molecule has 0 saturated heterocycles. The average Bonchev–Trinajstić information content (AvgIpc) is 2.99. The van der Waals surface area contributed by atoms with E-state index in [-0.39, 0.29) is 23.6 Å². The topological polar surface area (TPSA) is 46.6 Å². The standard InChI is InChI=1S/C20H18FNO3/c21-19-8-2-1-7-16(19)17-11-18(17)20(23)22(12-14-5-3-9-24-14)13-15-6-4-10-25-15/h1-10,17-18H,11-13H2. The quantitative estimate of drug-likeness (QED) is 0.671. The number of hydrogen-bond donors (Lipinski definition) is 0. The Bertz CT molecular complexity index is 805. The zero-order valence-electron chi connectivity index (χ0n) is 13.6. The van der Waals surface area contributed by atoms with Gasteiger partial charge in [0.1, 0.15) is 17.3 Å². The van der Waals surface area contributed by atoms with Gasteiger partial charge in [-0.25, -0.2) is 4.39 Å². The molecule has 25 heavy (non-hydrogen) atoms. The first-order chi connectivity index (χ1) is 12.2. The Morgan fingerprint density at radius 1 is 1.00 bits per heavy atom. The summed E-state index contributed by atoms with van der Waals surface area (Å²) >= 11 is 0. The molecular formula is C20H18FNO3. The highest BCUT2D eigenvalue weighted by molar-refractivity contribution is 5.83. The minimum Gasteiger partial charge on any atom is -0.467 e. The lowest BCUT2D eigenvalue weighted by atomic mass is 10.1. The van der Waals surface area contributed by atoms with E-state index in [1.54, 1.807) is 41.7 Å². The van der Waals surface area contributed by atoms with Gasteiger partial charge in [0.15, 0.2) is 0 Å². The predicted octanol–water partition coefficient (Wildman–Crippen LogP) is 4.34. The fraction of sp³-hybridized carbons (Fsp3) is 0.250. The van der Waals surface area contributed by atoms with Gasteiger partial charge in [-0.1, -0.05) is 18.2 Å². The van der Waals surface area contributed by atoms with Gasteiger partial charge in [-0.05, 0) is 48.2 Å². The largest absolute Gasteiger partial charge is 0.467 e. The highest BCUT2D eigenvalue weighted by Crippen LogP contribution is 2.49. The number of rotatable bonds is 6. The molecule has 0 bridgehead atoms. The summed E-state index contributed by atoms with van der Waals surface area (Å²) in [6, 6.07) is 13.9. The summed E-state index contributed by atoms with van der Waals surface area (Å²) in [6.07, 6.45) is 3.85. The molecule has 5 heteroatoms. The molecule has 128 valence electrons.